The van der Waals surface area contributed by atoms with Crippen molar-refractivity contribution in [2.45, 2.75) is 6.54 Å². The van der Waals surface area contributed by atoms with E-state index < -0.39 is 5.91 Å². The molecule has 1 N–H and O–H groups in total. The largest absolute Gasteiger partial charge is 0.320 e. The number of nitrogens with zero attached hydrogens (tertiary/aromatic N) is 1. The van der Waals surface area contributed by atoms with Crippen molar-refractivity contribution >= 4 is 34.8 Å². The van der Waals surface area contributed by atoms with E-state index in [-0.39, 0.29) is 16.1 Å². The number of hydrogen-bond acceptors (Lipinski definition) is 2. The van der Waals surface area contributed by atoms with Gasteiger partial charge in [-0.15, -0.1) is 0 Å². The maximum Gasteiger partial charge on any atom is 0.263 e. The molecule has 3 aromatic rings. The molecule has 0 aliphatic heterocycles. The van der Waals surface area contributed by atoms with Crippen LogP contribution in [0.15, 0.2) is 71.7 Å². The predicted octanol–water partition coefficient (Wildman–Crippen LogP) is 4.46. The summed E-state index contributed by atoms with van der Waals surface area (Å²) in [5.74, 6) is -0.531. The van der Waals surface area contributed by atoms with Gasteiger partial charge in [0, 0.05) is 6.20 Å². The van der Waals surface area contributed by atoms with Crippen molar-refractivity contribution in [2.75, 3.05) is 5.32 Å². The molecule has 0 saturated carbocycles. The van der Waals surface area contributed by atoms with Gasteiger partial charge in [-0.1, -0.05) is 59.6 Å². The average Bonchev–Trinajstić information content (AvgIpc) is 2.61. The van der Waals surface area contributed by atoms with Gasteiger partial charge in [0.1, 0.15) is 5.56 Å². The van der Waals surface area contributed by atoms with Crippen LogP contribution in [0.25, 0.3) is 0 Å². The van der Waals surface area contributed by atoms with E-state index >= 15 is 0 Å². The van der Waals surface area contributed by atoms with E-state index in [4.69, 9.17) is 23.2 Å². The Kier molecular flexibility index (Phi) is 5.22. The molecule has 2 aromatic carbocycles. The third-order valence-electron chi connectivity index (χ3n) is 3.66. The quantitative estimate of drug-likeness (QED) is 0.734. The molecule has 1 aromatic heterocycles. The Morgan fingerprint density at radius 2 is 1.72 bits per heavy atom. The first kappa shape index (κ1) is 17.3. The standard InChI is InChI=1S/C19H14Cl2N2O2/c20-15-9-4-10-16(17(15)21)22-18(24)14-8-5-11-23(19(14)25)12-13-6-2-1-3-7-13/h1-11H,12H2,(H,22,24). The number of hydrogen-bond donors (Lipinski definition) is 1. The number of halogens is 2. The van der Waals surface area contributed by atoms with Crippen molar-refractivity contribution < 1.29 is 4.79 Å². The number of pyridine rings is 1. The van der Waals surface area contributed by atoms with E-state index in [9.17, 15) is 9.59 Å². The van der Waals surface area contributed by atoms with Crippen LogP contribution in [0.1, 0.15) is 15.9 Å². The Hall–Kier alpha value is -2.56. The summed E-state index contributed by atoms with van der Waals surface area (Å²) in [5.41, 5.74) is 0.994. The average molecular weight is 373 g/mol. The third-order valence-corrected chi connectivity index (χ3v) is 4.48. The van der Waals surface area contributed by atoms with Crippen molar-refractivity contribution in [2.24, 2.45) is 0 Å². The zero-order valence-electron chi connectivity index (χ0n) is 13.1. The molecule has 6 heteroatoms. The second-order valence-corrected chi connectivity index (χ2v) is 6.18. The fraction of sp³-hybridized carbons (Fsp3) is 0.0526. The molecule has 25 heavy (non-hydrogen) atoms. The normalized spacial score (nSPS) is 10.5. The molecule has 0 atom stereocenters. The lowest BCUT2D eigenvalue weighted by molar-refractivity contribution is 0.102. The first-order valence-electron chi connectivity index (χ1n) is 7.55. The van der Waals surface area contributed by atoms with Gasteiger partial charge in [-0.05, 0) is 29.8 Å². The van der Waals surface area contributed by atoms with Crippen molar-refractivity contribution in [3.05, 3.63) is 98.4 Å². The van der Waals surface area contributed by atoms with E-state index in [0.29, 0.717) is 17.3 Å². The molecule has 0 unspecified atom stereocenters. The van der Waals surface area contributed by atoms with Crippen molar-refractivity contribution in [1.29, 1.82) is 0 Å². The van der Waals surface area contributed by atoms with Crippen LogP contribution in [-0.2, 0) is 6.54 Å². The molecular weight excluding hydrogens is 359 g/mol. The van der Waals surface area contributed by atoms with Gasteiger partial charge in [-0.2, -0.15) is 0 Å². The van der Waals surface area contributed by atoms with Crippen LogP contribution in [0.5, 0.6) is 0 Å². The van der Waals surface area contributed by atoms with Crippen LogP contribution in [0.2, 0.25) is 10.0 Å². The lowest BCUT2D eigenvalue weighted by Crippen LogP contribution is -2.29. The molecule has 0 saturated heterocycles. The summed E-state index contributed by atoms with van der Waals surface area (Å²) in [6.07, 6.45) is 1.65. The van der Waals surface area contributed by atoms with Gasteiger partial charge in [0.15, 0.2) is 0 Å². The Bertz CT molecular complexity index is 969. The molecule has 0 spiro atoms. The van der Waals surface area contributed by atoms with Gasteiger partial charge in [-0.3, -0.25) is 9.59 Å². The zero-order chi connectivity index (χ0) is 17.8. The first-order chi connectivity index (χ1) is 12.1. The molecule has 4 nitrogen and oxygen atoms in total. The highest BCUT2D eigenvalue weighted by molar-refractivity contribution is 6.44. The number of carbonyl (C=O) groups excluding carboxylic acids is 1. The van der Waals surface area contributed by atoms with Crippen LogP contribution in [0.3, 0.4) is 0 Å². The van der Waals surface area contributed by atoms with Gasteiger partial charge in [0.25, 0.3) is 11.5 Å². The number of carbonyl (C=O) groups is 1. The van der Waals surface area contributed by atoms with Gasteiger partial charge in [-0.25, -0.2) is 0 Å². The van der Waals surface area contributed by atoms with E-state index in [0.717, 1.165) is 5.56 Å². The highest BCUT2D eigenvalue weighted by atomic mass is 35.5. The zero-order valence-corrected chi connectivity index (χ0v) is 14.6. The summed E-state index contributed by atoms with van der Waals surface area (Å²) in [7, 11) is 0. The Morgan fingerprint density at radius 3 is 2.48 bits per heavy atom. The Morgan fingerprint density at radius 1 is 0.960 bits per heavy atom. The summed E-state index contributed by atoms with van der Waals surface area (Å²) in [6.45, 7) is 0.388. The minimum absolute atomic E-state index is 0.0365. The molecule has 0 bridgehead atoms. The van der Waals surface area contributed by atoms with Crippen molar-refractivity contribution in [3.63, 3.8) is 0 Å². The number of nitrogens with one attached hydrogen (secondary N) is 1. The predicted molar refractivity (Wildman–Crippen MR) is 101 cm³/mol. The molecule has 1 heterocycles. The smallest absolute Gasteiger partial charge is 0.263 e. The van der Waals surface area contributed by atoms with Crippen LogP contribution in [0, 0.1) is 0 Å². The number of aromatic nitrogens is 1. The summed E-state index contributed by atoms with van der Waals surface area (Å²) in [4.78, 5) is 25.1. The van der Waals surface area contributed by atoms with E-state index in [1.165, 1.54) is 10.6 Å². The summed E-state index contributed by atoms with van der Waals surface area (Å²) < 4.78 is 1.49. The number of anilines is 1. The monoisotopic (exact) mass is 372 g/mol. The summed E-state index contributed by atoms with van der Waals surface area (Å²) >= 11 is 12.0. The van der Waals surface area contributed by atoms with E-state index in [1.54, 1.807) is 30.5 Å². The summed E-state index contributed by atoms with van der Waals surface area (Å²) in [6, 6.07) is 17.6. The molecule has 0 aliphatic rings. The van der Waals surface area contributed by atoms with Gasteiger partial charge in [0.05, 0.1) is 22.3 Å². The molecular formula is C19H14Cl2N2O2. The second kappa shape index (κ2) is 7.55. The van der Waals surface area contributed by atoms with Crippen molar-refractivity contribution in [3.8, 4) is 0 Å². The topological polar surface area (TPSA) is 51.1 Å². The molecule has 0 fully saturated rings. The lowest BCUT2D eigenvalue weighted by Gasteiger charge is -2.10. The number of benzene rings is 2. The van der Waals surface area contributed by atoms with Gasteiger partial charge >= 0.3 is 0 Å². The number of amides is 1. The first-order valence-corrected chi connectivity index (χ1v) is 8.30. The van der Waals surface area contributed by atoms with Crippen LogP contribution in [-0.4, -0.2) is 10.5 Å². The maximum atomic E-state index is 12.6. The summed E-state index contributed by atoms with van der Waals surface area (Å²) in [5, 5.41) is 3.19. The van der Waals surface area contributed by atoms with Crippen LogP contribution < -0.4 is 10.9 Å². The fourth-order valence-electron chi connectivity index (χ4n) is 2.40. The number of rotatable bonds is 4. The SMILES string of the molecule is O=C(Nc1cccc(Cl)c1Cl)c1cccn(Cc2ccccc2)c1=O. The highest BCUT2D eigenvalue weighted by Gasteiger charge is 2.14. The molecule has 1 amide bonds. The fourth-order valence-corrected chi connectivity index (χ4v) is 2.75. The van der Waals surface area contributed by atoms with Gasteiger partial charge in [0.2, 0.25) is 0 Å². The maximum absolute atomic E-state index is 12.6. The molecule has 0 aliphatic carbocycles. The van der Waals surface area contributed by atoms with Crippen LogP contribution >= 0.6 is 23.2 Å². The van der Waals surface area contributed by atoms with Crippen molar-refractivity contribution in [1.82, 2.24) is 4.57 Å². The van der Waals surface area contributed by atoms with E-state index in [1.807, 2.05) is 30.3 Å². The van der Waals surface area contributed by atoms with Gasteiger partial charge < -0.3 is 9.88 Å². The second-order valence-electron chi connectivity index (χ2n) is 5.40. The Balaban J connectivity index is 1.87. The highest BCUT2D eigenvalue weighted by Crippen LogP contribution is 2.29. The molecule has 126 valence electrons. The minimum atomic E-state index is -0.531. The third kappa shape index (κ3) is 3.92. The Labute approximate surface area is 154 Å². The molecule has 0 radical (unpaired) electrons. The van der Waals surface area contributed by atoms with Crippen LogP contribution in [0.4, 0.5) is 5.69 Å². The minimum Gasteiger partial charge on any atom is -0.320 e. The van der Waals surface area contributed by atoms with E-state index in [2.05, 4.69) is 5.32 Å². The lowest BCUT2D eigenvalue weighted by atomic mass is 10.2. The molecule has 3 rings (SSSR count).